The van der Waals surface area contributed by atoms with Crippen LogP contribution in [0, 0.1) is 28.9 Å². The Balaban J connectivity index is 2.15. The van der Waals surface area contributed by atoms with Gasteiger partial charge < -0.3 is 10.5 Å². The van der Waals surface area contributed by atoms with Gasteiger partial charge in [0.15, 0.2) is 6.23 Å². The molecule has 2 aliphatic heterocycles. The molecular weight excluding hydrogens is 302 g/mol. The number of hydrogen-bond donors (Lipinski definition) is 3. The highest BCUT2D eigenvalue weighted by Gasteiger charge is 2.49. The van der Waals surface area contributed by atoms with Crippen LogP contribution in [0.4, 0.5) is 8.78 Å². The molecule has 0 spiro atoms. The van der Waals surface area contributed by atoms with Crippen molar-refractivity contribution in [3.05, 3.63) is 46.9 Å². The molecular formula is C16H18F2N4O. The first-order valence-electron chi connectivity index (χ1n) is 7.59. The molecule has 4 atom stereocenters. The molecule has 0 aromatic heterocycles. The lowest BCUT2D eigenvalue weighted by Gasteiger charge is -2.36. The summed E-state index contributed by atoms with van der Waals surface area (Å²) in [4.78, 5) is 0. The van der Waals surface area contributed by atoms with Crippen LogP contribution in [-0.4, -0.2) is 12.3 Å². The number of nitrogens with one attached hydrogen (secondary N) is 2. The normalized spacial score (nSPS) is 29.8. The van der Waals surface area contributed by atoms with Crippen molar-refractivity contribution >= 4 is 0 Å². The number of nitrogens with zero attached hydrogens (tertiary/aromatic N) is 1. The van der Waals surface area contributed by atoms with Crippen molar-refractivity contribution in [2.24, 2.45) is 11.7 Å². The Bertz CT molecular complexity index is 665. The van der Waals surface area contributed by atoms with Crippen LogP contribution in [0.2, 0.25) is 0 Å². The van der Waals surface area contributed by atoms with E-state index in [1.807, 2.05) is 13.0 Å². The number of hydrazine groups is 1. The minimum absolute atomic E-state index is 0.0712. The summed E-state index contributed by atoms with van der Waals surface area (Å²) in [6.07, 6.45) is 1.13. The fourth-order valence-corrected chi connectivity index (χ4v) is 3.50. The van der Waals surface area contributed by atoms with Crippen LogP contribution in [0.3, 0.4) is 0 Å². The van der Waals surface area contributed by atoms with Crippen molar-refractivity contribution in [1.82, 2.24) is 10.9 Å². The number of ether oxygens (including phenoxy) is 1. The third-order valence-electron chi connectivity index (χ3n) is 4.47. The summed E-state index contributed by atoms with van der Waals surface area (Å²) in [6.45, 7) is 2.02. The molecule has 4 N–H and O–H groups in total. The number of nitrogens with two attached hydrogens (primary N) is 1. The molecule has 23 heavy (non-hydrogen) atoms. The predicted octanol–water partition coefficient (Wildman–Crippen LogP) is 1.99. The smallest absolute Gasteiger partial charge is 0.200 e. The highest BCUT2D eigenvalue weighted by atomic mass is 19.1. The maximum atomic E-state index is 14.3. The Labute approximate surface area is 133 Å². The zero-order valence-electron chi connectivity index (χ0n) is 12.6. The standard InChI is InChI=1S/C16H18F2N4O/c1-2-4-11-14-12(13-9(17)5-3-6-10(13)18)8(7-19)15(20)23-16(14)22-21-11/h3,5-6,11-12,14,16,21-22H,2,4,20H2,1H3. The van der Waals surface area contributed by atoms with Gasteiger partial charge in [-0.05, 0) is 18.6 Å². The van der Waals surface area contributed by atoms with E-state index in [-0.39, 0.29) is 29.0 Å². The van der Waals surface area contributed by atoms with Gasteiger partial charge >= 0.3 is 0 Å². The van der Waals surface area contributed by atoms with Gasteiger partial charge in [0.2, 0.25) is 5.88 Å². The van der Waals surface area contributed by atoms with E-state index in [0.717, 1.165) is 12.8 Å². The number of hydrogen-bond acceptors (Lipinski definition) is 5. The average Bonchev–Trinajstić information content (AvgIpc) is 2.90. The van der Waals surface area contributed by atoms with Gasteiger partial charge in [-0.3, -0.25) is 5.43 Å². The van der Waals surface area contributed by atoms with Gasteiger partial charge in [0.1, 0.15) is 17.7 Å². The number of allylic oxidation sites excluding steroid dienone is 1. The zero-order chi connectivity index (χ0) is 16.6. The Morgan fingerprint density at radius 2 is 2.00 bits per heavy atom. The molecule has 0 aliphatic carbocycles. The molecule has 1 fully saturated rings. The monoisotopic (exact) mass is 320 g/mol. The quantitative estimate of drug-likeness (QED) is 0.793. The lowest BCUT2D eigenvalue weighted by molar-refractivity contribution is 0.0327. The second-order valence-corrected chi connectivity index (χ2v) is 5.80. The molecule has 5 nitrogen and oxygen atoms in total. The number of halogens is 2. The molecule has 3 rings (SSSR count). The number of fused-ring (bicyclic) bond motifs is 1. The molecule has 4 unspecified atom stereocenters. The molecule has 1 aromatic rings. The van der Waals surface area contributed by atoms with E-state index in [2.05, 4.69) is 10.9 Å². The van der Waals surface area contributed by atoms with E-state index in [4.69, 9.17) is 10.5 Å². The first kappa shape index (κ1) is 15.7. The van der Waals surface area contributed by atoms with Gasteiger partial charge in [0.05, 0.1) is 5.57 Å². The molecule has 2 aliphatic rings. The maximum absolute atomic E-state index is 14.3. The second kappa shape index (κ2) is 6.14. The van der Waals surface area contributed by atoms with Gasteiger partial charge in [0.25, 0.3) is 0 Å². The number of rotatable bonds is 3. The first-order valence-corrected chi connectivity index (χ1v) is 7.59. The molecule has 1 saturated heterocycles. The van der Waals surface area contributed by atoms with Crippen LogP contribution >= 0.6 is 0 Å². The number of benzene rings is 1. The summed E-state index contributed by atoms with van der Waals surface area (Å²) in [5, 5.41) is 9.46. The van der Waals surface area contributed by atoms with E-state index >= 15 is 0 Å². The van der Waals surface area contributed by atoms with Gasteiger partial charge in [-0.2, -0.15) is 5.26 Å². The third-order valence-corrected chi connectivity index (χ3v) is 4.47. The lowest BCUT2D eigenvalue weighted by Crippen LogP contribution is -2.42. The van der Waals surface area contributed by atoms with Crippen molar-refractivity contribution in [3.63, 3.8) is 0 Å². The van der Waals surface area contributed by atoms with Crippen LogP contribution in [0.15, 0.2) is 29.7 Å². The highest BCUT2D eigenvalue weighted by Crippen LogP contribution is 2.45. The van der Waals surface area contributed by atoms with Crippen molar-refractivity contribution in [1.29, 1.82) is 5.26 Å². The molecule has 7 heteroatoms. The van der Waals surface area contributed by atoms with Gasteiger partial charge in [0, 0.05) is 23.4 Å². The van der Waals surface area contributed by atoms with Crippen LogP contribution in [0.5, 0.6) is 0 Å². The fraction of sp³-hybridized carbons (Fsp3) is 0.438. The molecule has 0 amide bonds. The van der Waals surface area contributed by atoms with E-state index in [0.29, 0.717) is 0 Å². The van der Waals surface area contributed by atoms with Crippen LogP contribution < -0.4 is 16.6 Å². The van der Waals surface area contributed by atoms with E-state index in [1.165, 1.54) is 18.2 Å². The molecule has 0 saturated carbocycles. The summed E-state index contributed by atoms with van der Waals surface area (Å²) in [5.41, 5.74) is 11.8. The van der Waals surface area contributed by atoms with E-state index < -0.39 is 23.8 Å². The minimum Gasteiger partial charge on any atom is -0.458 e. The fourth-order valence-electron chi connectivity index (χ4n) is 3.50. The second-order valence-electron chi connectivity index (χ2n) is 5.80. The molecule has 1 aromatic carbocycles. The summed E-state index contributed by atoms with van der Waals surface area (Å²) < 4.78 is 34.2. The van der Waals surface area contributed by atoms with Crippen LogP contribution in [0.1, 0.15) is 31.2 Å². The lowest BCUT2D eigenvalue weighted by atomic mass is 9.74. The summed E-state index contributed by atoms with van der Waals surface area (Å²) in [7, 11) is 0. The van der Waals surface area contributed by atoms with Crippen molar-refractivity contribution in [2.45, 2.75) is 38.0 Å². The van der Waals surface area contributed by atoms with Crippen LogP contribution in [-0.2, 0) is 4.74 Å². The predicted molar refractivity (Wildman–Crippen MR) is 79.3 cm³/mol. The molecule has 0 bridgehead atoms. The first-order chi connectivity index (χ1) is 11.1. The Kier molecular flexibility index (Phi) is 4.20. The van der Waals surface area contributed by atoms with Crippen molar-refractivity contribution in [3.8, 4) is 6.07 Å². The Hall–Kier alpha value is -2.17. The Morgan fingerprint density at radius 3 is 2.61 bits per heavy atom. The minimum atomic E-state index is -0.793. The largest absolute Gasteiger partial charge is 0.458 e. The van der Waals surface area contributed by atoms with Gasteiger partial charge in [-0.1, -0.05) is 19.4 Å². The summed E-state index contributed by atoms with van der Waals surface area (Å²) in [5.74, 6) is -2.58. The van der Waals surface area contributed by atoms with Crippen molar-refractivity contribution < 1.29 is 13.5 Å². The SMILES string of the molecule is CCCC1NNC2OC(N)=C(C#N)C(c3c(F)cccc3F)C12. The molecule has 0 radical (unpaired) electrons. The maximum Gasteiger partial charge on any atom is 0.200 e. The summed E-state index contributed by atoms with van der Waals surface area (Å²) in [6, 6.07) is 5.59. The molecule has 122 valence electrons. The average molecular weight is 320 g/mol. The van der Waals surface area contributed by atoms with Gasteiger partial charge in [-0.25, -0.2) is 14.2 Å². The van der Waals surface area contributed by atoms with Crippen molar-refractivity contribution in [2.75, 3.05) is 0 Å². The van der Waals surface area contributed by atoms with E-state index in [9.17, 15) is 14.0 Å². The Morgan fingerprint density at radius 1 is 1.30 bits per heavy atom. The topological polar surface area (TPSA) is 83.1 Å². The van der Waals surface area contributed by atoms with E-state index in [1.54, 1.807) is 0 Å². The zero-order valence-corrected chi connectivity index (χ0v) is 12.6. The van der Waals surface area contributed by atoms with Crippen LogP contribution in [0.25, 0.3) is 0 Å². The highest BCUT2D eigenvalue weighted by molar-refractivity contribution is 5.42. The third kappa shape index (κ3) is 2.54. The van der Waals surface area contributed by atoms with Gasteiger partial charge in [-0.15, -0.1) is 0 Å². The summed E-state index contributed by atoms with van der Waals surface area (Å²) >= 11 is 0. The number of nitriles is 1. The molecule has 2 heterocycles.